The van der Waals surface area contributed by atoms with Crippen LogP contribution in [0.2, 0.25) is 0 Å². The highest BCUT2D eigenvalue weighted by atomic mass is 16.5. The van der Waals surface area contributed by atoms with Crippen LogP contribution in [-0.4, -0.2) is 48.6 Å². The molecule has 1 aromatic carbocycles. The fourth-order valence-electron chi connectivity index (χ4n) is 2.98. The van der Waals surface area contributed by atoms with E-state index in [0.717, 1.165) is 29.7 Å². The molecule has 2 heterocycles. The molecule has 0 atom stereocenters. The number of rotatable bonds is 6. The summed E-state index contributed by atoms with van der Waals surface area (Å²) in [5, 5.41) is 4.44. The molecule has 1 aromatic heterocycles. The monoisotopic (exact) mass is 313 g/mol. The number of likely N-dealkylation sites (tertiary alicyclic amines) is 1. The van der Waals surface area contributed by atoms with Gasteiger partial charge in [-0.25, -0.2) is 4.79 Å². The minimum absolute atomic E-state index is 0.325. The van der Waals surface area contributed by atoms with Gasteiger partial charge in [0.2, 0.25) is 0 Å². The first kappa shape index (κ1) is 15.7. The van der Waals surface area contributed by atoms with Crippen LogP contribution < -0.4 is 5.32 Å². The van der Waals surface area contributed by atoms with E-state index in [4.69, 9.17) is 4.74 Å². The summed E-state index contributed by atoms with van der Waals surface area (Å²) in [5.74, 6) is -0.325. The number of nitrogens with one attached hydrogen (secondary N) is 1. The van der Waals surface area contributed by atoms with E-state index >= 15 is 0 Å². The van der Waals surface area contributed by atoms with Gasteiger partial charge in [-0.3, -0.25) is 4.98 Å². The van der Waals surface area contributed by atoms with Gasteiger partial charge in [-0.1, -0.05) is 6.07 Å². The topological polar surface area (TPSA) is 54.5 Å². The molecule has 0 spiro atoms. The molecular formula is C18H23N3O2. The van der Waals surface area contributed by atoms with Crippen LogP contribution in [0.1, 0.15) is 30.1 Å². The number of aromatic nitrogens is 1. The maximum Gasteiger partial charge on any atom is 0.339 e. The molecular weight excluding hydrogens is 290 g/mol. The lowest BCUT2D eigenvalue weighted by Crippen LogP contribution is -2.26. The Morgan fingerprint density at radius 2 is 2.17 bits per heavy atom. The lowest BCUT2D eigenvalue weighted by molar-refractivity contribution is 0.0526. The third-order valence-electron chi connectivity index (χ3n) is 4.18. The zero-order chi connectivity index (χ0) is 16.1. The van der Waals surface area contributed by atoms with E-state index in [0.29, 0.717) is 12.2 Å². The number of carbonyl (C=O) groups excluding carboxylic acids is 1. The number of fused-ring (bicyclic) bond motifs is 1. The van der Waals surface area contributed by atoms with Gasteiger partial charge < -0.3 is 15.0 Å². The normalized spacial score (nSPS) is 15.0. The number of hydrogen-bond acceptors (Lipinski definition) is 5. The van der Waals surface area contributed by atoms with Crippen molar-refractivity contribution in [1.29, 1.82) is 0 Å². The summed E-state index contributed by atoms with van der Waals surface area (Å²) in [7, 11) is 0. The molecule has 0 amide bonds. The van der Waals surface area contributed by atoms with Gasteiger partial charge in [-0.2, -0.15) is 0 Å². The standard InChI is InChI=1S/C18H23N3O2/c1-2-23-18(22)14-12-15-16(6-5-7-17(15)20-13-14)19-8-11-21-9-3-4-10-21/h5-7,12-13,19H,2-4,8-11H2,1H3. The van der Waals surface area contributed by atoms with Crippen molar-refractivity contribution in [3.8, 4) is 0 Å². The Balaban J connectivity index is 1.75. The van der Waals surface area contributed by atoms with Crippen molar-refractivity contribution in [3.63, 3.8) is 0 Å². The summed E-state index contributed by atoms with van der Waals surface area (Å²) in [6.45, 7) is 6.51. The number of carbonyl (C=O) groups is 1. The molecule has 1 aliphatic heterocycles. The van der Waals surface area contributed by atoms with Gasteiger partial charge in [-0.15, -0.1) is 0 Å². The predicted octanol–water partition coefficient (Wildman–Crippen LogP) is 2.92. The molecule has 1 N–H and O–H groups in total. The number of esters is 1. The summed E-state index contributed by atoms with van der Waals surface area (Å²) in [4.78, 5) is 18.8. The second kappa shape index (κ2) is 7.42. The van der Waals surface area contributed by atoms with E-state index in [9.17, 15) is 4.79 Å². The van der Waals surface area contributed by atoms with Crippen molar-refractivity contribution in [2.24, 2.45) is 0 Å². The average Bonchev–Trinajstić information content (AvgIpc) is 3.08. The third kappa shape index (κ3) is 3.79. The molecule has 1 saturated heterocycles. The molecule has 5 heteroatoms. The van der Waals surface area contributed by atoms with Crippen LogP contribution in [0.4, 0.5) is 5.69 Å². The molecule has 0 saturated carbocycles. The van der Waals surface area contributed by atoms with E-state index in [-0.39, 0.29) is 5.97 Å². The molecule has 2 aromatic rings. The number of ether oxygens (including phenoxy) is 1. The first-order chi connectivity index (χ1) is 11.3. The number of nitrogens with zero attached hydrogens (tertiary/aromatic N) is 2. The Morgan fingerprint density at radius 1 is 1.35 bits per heavy atom. The Labute approximate surface area is 136 Å². The van der Waals surface area contributed by atoms with E-state index in [2.05, 4.69) is 15.2 Å². The summed E-state index contributed by atoms with van der Waals surface area (Å²) in [6.07, 6.45) is 4.19. The predicted molar refractivity (Wildman–Crippen MR) is 91.9 cm³/mol. The lowest BCUT2D eigenvalue weighted by Gasteiger charge is -2.16. The molecule has 1 aliphatic rings. The largest absolute Gasteiger partial charge is 0.462 e. The van der Waals surface area contributed by atoms with Crippen LogP contribution in [0.5, 0.6) is 0 Å². The Hall–Kier alpha value is -2.14. The van der Waals surface area contributed by atoms with Gasteiger partial charge in [0.15, 0.2) is 0 Å². The fraction of sp³-hybridized carbons (Fsp3) is 0.444. The van der Waals surface area contributed by atoms with Gasteiger partial charge in [0, 0.05) is 30.4 Å². The molecule has 0 bridgehead atoms. The van der Waals surface area contributed by atoms with Crippen molar-refractivity contribution in [3.05, 3.63) is 36.0 Å². The smallest absolute Gasteiger partial charge is 0.339 e. The van der Waals surface area contributed by atoms with Crippen LogP contribution in [0.3, 0.4) is 0 Å². The average molecular weight is 313 g/mol. The van der Waals surface area contributed by atoms with E-state index in [1.54, 1.807) is 13.1 Å². The summed E-state index contributed by atoms with van der Waals surface area (Å²) in [5.41, 5.74) is 2.39. The molecule has 23 heavy (non-hydrogen) atoms. The minimum atomic E-state index is -0.325. The zero-order valence-electron chi connectivity index (χ0n) is 13.5. The number of benzene rings is 1. The highest BCUT2D eigenvalue weighted by Gasteiger charge is 2.12. The molecule has 1 fully saturated rings. The molecule has 0 radical (unpaired) electrons. The molecule has 122 valence electrons. The van der Waals surface area contributed by atoms with Crippen molar-refractivity contribution < 1.29 is 9.53 Å². The van der Waals surface area contributed by atoms with Gasteiger partial charge in [0.1, 0.15) is 0 Å². The molecule has 3 rings (SSSR count). The summed E-state index contributed by atoms with van der Waals surface area (Å²) in [6, 6.07) is 7.83. The molecule has 5 nitrogen and oxygen atoms in total. The molecule has 0 aliphatic carbocycles. The summed E-state index contributed by atoms with van der Waals surface area (Å²) < 4.78 is 5.06. The lowest BCUT2D eigenvalue weighted by atomic mass is 10.1. The first-order valence-corrected chi connectivity index (χ1v) is 8.30. The van der Waals surface area contributed by atoms with Gasteiger partial charge in [0.05, 0.1) is 17.7 Å². The van der Waals surface area contributed by atoms with Crippen LogP contribution >= 0.6 is 0 Å². The number of anilines is 1. The Morgan fingerprint density at radius 3 is 2.96 bits per heavy atom. The maximum atomic E-state index is 11.9. The van der Waals surface area contributed by atoms with Crippen LogP contribution in [0.15, 0.2) is 30.5 Å². The summed E-state index contributed by atoms with van der Waals surface area (Å²) >= 11 is 0. The minimum Gasteiger partial charge on any atom is -0.462 e. The quantitative estimate of drug-likeness (QED) is 0.831. The highest BCUT2D eigenvalue weighted by molar-refractivity contribution is 5.98. The maximum absolute atomic E-state index is 11.9. The second-order valence-corrected chi connectivity index (χ2v) is 5.79. The van der Waals surface area contributed by atoms with E-state index in [1.807, 2.05) is 24.3 Å². The van der Waals surface area contributed by atoms with Gasteiger partial charge >= 0.3 is 5.97 Å². The SMILES string of the molecule is CCOC(=O)c1cnc2cccc(NCCN3CCCC3)c2c1. The van der Waals surface area contributed by atoms with Crippen LogP contribution in [0, 0.1) is 0 Å². The van der Waals surface area contributed by atoms with E-state index < -0.39 is 0 Å². The van der Waals surface area contributed by atoms with Crippen molar-refractivity contribution in [1.82, 2.24) is 9.88 Å². The zero-order valence-corrected chi connectivity index (χ0v) is 13.5. The van der Waals surface area contributed by atoms with Crippen molar-refractivity contribution in [2.45, 2.75) is 19.8 Å². The van der Waals surface area contributed by atoms with Gasteiger partial charge in [0.25, 0.3) is 0 Å². The van der Waals surface area contributed by atoms with Crippen molar-refractivity contribution in [2.75, 3.05) is 38.1 Å². The fourth-order valence-corrected chi connectivity index (χ4v) is 2.98. The third-order valence-corrected chi connectivity index (χ3v) is 4.18. The van der Waals surface area contributed by atoms with Crippen LogP contribution in [0.25, 0.3) is 10.9 Å². The Kier molecular flexibility index (Phi) is 5.08. The van der Waals surface area contributed by atoms with Crippen molar-refractivity contribution >= 4 is 22.6 Å². The number of pyridine rings is 1. The highest BCUT2D eigenvalue weighted by Crippen LogP contribution is 2.23. The number of hydrogen-bond donors (Lipinski definition) is 1. The first-order valence-electron chi connectivity index (χ1n) is 8.30. The Bertz CT molecular complexity index is 681. The van der Waals surface area contributed by atoms with Crippen LogP contribution in [-0.2, 0) is 4.74 Å². The van der Waals surface area contributed by atoms with Gasteiger partial charge in [-0.05, 0) is 51.1 Å². The second-order valence-electron chi connectivity index (χ2n) is 5.79. The van der Waals surface area contributed by atoms with E-state index in [1.165, 1.54) is 25.9 Å². The molecule has 0 unspecified atom stereocenters.